The number of hydrogen-bond acceptors (Lipinski definition) is 3. The molecular weight excluding hydrogens is 204 g/mol. The summed E-state index contributed by atoms with van der Waals surface area (Å²) >= 11 is 0. The molecule has 1 atom stereocenters. The van der Waals surface area contributed by atoms with Gasteiger partial charge in [0.25, 0.3) is 0 Å². The Morgan fingerprint density at radius 1 is 1.38 bits per heavy atom. The molecule has 2 aliphatic rings. The van der Waals surface area contributed by atoms with Gasteiger partial charge < -0.3 is 4.74 Å². The largest absolute Gasteiger partial charge is 0.379 e. The topological polar surface area (TPSA) is 32.8 Å². The predicted octanol–water partition coefficient (Wildman–Crippen LogP) is 1.27. The first-order valence-corrected chi connectivity index (χ1v) is 6.44. The molecule has 0 aromatic rings. The summed E-state index contributed by atoms with van der Waals surface area (Å²) in [7, 11) is 0. The molecule has 2 rings (SSSR count). The van der Waals surface area contributed by atoms with Crippen molar-refractivity contribution in [1.82, 2.24) is 10.0 Å². The van der Waals surface area contributed by atoms with Crippen molar-refractivity contribution in [2.75, 3.05) is 32.8 Å². The van der Waals surface area contributed by atoms with E-state index >= 15 is 0 Å². The highest BCUT2D eigenvalue weighted by Gasteiger charge is 2.33. The number of hydrogen-bond donors (Lipinski definition) is 0. The molecule has 0 N–H and O–H groups in total. The Bertz CT molecular complexity index is 239. The number of ether oxygens (including phenoxy) is 1. The second-order valence-corrected chi connectivity index (χ2v) is 4.75. The molecule has 2 heterocycles. The lowest BCUT2D eigenvalue weighted by Gasteiger charge is -2.34. The van der Waals surface area contributed by atoms with E-state index in [2.05, 4.69) is 11.9 Å². The Labute approximate surface area is 97.5 Å². The van der Waals surface area contributed by atoms with Gasteiger partial charge in [-0.05, 0) is 12.3 Å². The summed E-state index contributed by atoms with van der Waals surface area (Å²) in [6.07, 6.45) is 4.41. The molecule has 0 radical (unpaired) electrons. The van der Waals surface area contributed by atoms with Crippen LogP contribution in [0.1, 0.15) is 32.6 Å². The van der Waals surface area contributed by atoms with E-state index in [0.717, 1.165) is 39.3 Å². The summed E-state index contributed by atoms with van der Waals surface area (Å²) < 4.78 is 5.31. The second-order valence-electron chi connectivity index (χ2n) is 4.75. The average molecular weight is 226 g/mol. The molecule has 0 aromatic heterocycles. The molecule has 0 bridgehead atoms. The summed E-state index contributed by atoms with van der Waals surface area (Å²) in [5.41, 5.74) is 0. The fraction of sp³-hybridized carbons (Fsp3) is 0.917. The molecular formula is C12H22N2O2. The van der Waals surface area contributed by atoms with Crippen molar-refractivity contribution in [3.05, 3.63) is 0 Å². The fourth-order valence-corrected chi connectivity index (χ4v) is 2.52. The third-order valence-electron chi connectivity index (χ3n) is 3.48. The molecule has 0 saturated carbocycles. The van der Waals surface area contributed by atoms with Crippen molar-refractivity contribution in [2.45, 2.75) is 32.6 Å². The molecule has 4 heteroatoms. The predicted molar refractivity (Wildman–Crippen MR) is 61.7 cm³/mol. The minimum absolute atomic E-state index is 0.308. The smallest absolute Gasteiger partial charge is 0.237 e. The Kier molecular flexibility index (Phi) is 4.18. The fourth-order valence-electron chi connectivity index (χ4n) is 2.52. The summed E-state index contributed by atoms with van der Waals surface area (Å²) in [6, 6.07) is 0. The molecule has 0 spiro atoms. The molecule has 2 saturated heterocycles. The zero-order valence-corrected chi connectivity index (χ0v) is 10.2. The number of hydrazine groups is 1. The molecule has 16 heavy (non-hydrogen) atoms. The Morgan fingerprint density at radius 3 is 2.81 bits per heavy atom. The van der Waals surface area contributed by atoms with Gasteiger partial charge in [0.15, 0.2) is 0 Å². The van der Waals surface area contributed by atoms with Crippen LogP contribution >= 0.6 is 0 Å². The van der Waals surface area contributed by atoms with Crippen LogP contribution < -0.4 is 0 Å². The highest BCUT2D eigenvalue weighted by molar-refractivity contribution is 5.78. The van der Waals surface area contributed by atoms with Crippen LogP contribution in [0.4, 0.5) is 0 Å². The van der Waals surface area contributed by atoms with Gasteiger partial charge in [-0.3, -0.25) is 9.80 Å². The van der Waals surface area contributed by atoms with Crippen molar-refractivity contribution in [2.24, 2.45) is 5.92 Å². The quantitative estimate of drug-likeness (QED) is 0.724. The maximum absolute atomic E-state index is 11.9. The molecule has 92 valence electrons. The number of carbonyl (C=O) groups excluding carboxylic acids is 1. The number of rotatable bonds is 4. The van der Waals surface area contributed by atoms with Gasteiger partial charge in [-0.1, -0.05) is 19.8 Å². The highest BCUT2D eigenvalue weighted by atomic mass is 16.5. The van der Waals surface area contributed by atoms with E-state index in [4.69, 9.17) is 4.74 Å². The molecule has 0 aliphatic carbocycles. The Hall–Kier alpha value is -0.610. The molecule has 1 amide bonds. The van der Waals surface area contributed by atoms with Gasteiger partial charge in [0.2, 0.25) is 5.91 Å². The Morgan fingerprint density at radius 2 is 2.12 bits per heavy atom. The zero-order valence-electron chi connectivity index (χ0n) is 10.2. The number of amides is 1. The number of carbonyl (C=O) groups is 1. The van der Waals surface area contributed by atoms with Crippen molar-refractivity contribution >= 4 is 5.91 Å². The maximum atomic E-state index is 11.9. The first kappa shape index (κ1) is 11.9. The van der Waals surface area contributed by atoms with Crippen LogP contribution in [0.15, 0.2) is 0 Å². The van der Waals surface area contributed by atoms with Crippen LogP contribution in [-0.2, 0) is 9.53 Å². The first-order chi connectivity index (χ1) is 7.81. The highest BCUT2D eigenvalue weighted by Crippen LogP contribution is 2.24. The van der Waals surface area contributed by atoms with Crippen LogP contribution in [0.2, 0.25) is 0 Å². The van der Waals surface area contributed by atoms with Crippen LogP contribution in [0, 0.1) is 5.92 Å². The van der Waals surface area contributed by atoms with E-state index in [1.807, 2.05) is 5.01 Å². The Balaban J connectivity index is 1.83. The van der Waals surface area contributed by atoms with Gasteiger partial charge in [-0.2, -0.15) is 0 Å². The number of nitrogens with zero attached hydrogens (tertiary/aromatic N) is 2. The lowest BCUT2D eigenvalue weighted by molar-refractivity contribution is -0.150. The van der Waals surface area contributed by atoms with E-state index in [9.17, 15) is 4.79 Å². The van der Waals surface area contributed by atoms with Crippen LogP contribution in [0.25, 0.3) is 0 Å². The van der Waals surface area contributed by atoms with Gasteiger partial charge >= 0.3 is 0 Å². The minimum atomic E-state index is 0.308. The third kappa shape index (κ3) is 2.74. The summed E-state index contributed by atoms with van der Waals surface area (Å²) in [6.45, 7) is 6.38. The monoisotopic (exact) mass is 226 g/mol. The van der Waals surface area contributed by atoms with Gasteiger partial charge in [0, 0.05) is 26.1 Å². The van der Waals surface area contributed by atoms with Crippen LogP contribution in [-0.4, -0.2) is 48.8 Å². The number of morpholine rings is 1. The van der Waals surface area contributed by atoms with Crippen molar-refractivity contribution in [1.29, 1.82) is 0 Å². The summed E-state index contributed by atoms with van der Waals surface area (Å²) in [5, 5.41) is 4.13. The summed E-state index contributed by atoms with van der Waals surface area (Å²) in [4.78, 5) is 11.9. The maximum Gasteiger partial charge on any atom is 0.237 e. The molecule has 4 nitrogen and oxygen atoms in total. The molecule has 0 aromatic carbocycles. The first-order valence-electron chi connectivity index (χ1n) is 6.44. The van der Waals surface area contributed by atoms with E-state index in [1.54, 1.807) is 0 Å². The van der Waals surface area contributed by atoms with Gasteiger partial charge in [0.1, 0.15) is 0 Å². The second kappa shape index (κ2) is 5.64. The van der Waals surface area contributed by atoms with E-state index in [-0.39, 0.29) is 0 Å². The van der Waals surface area contributed by atoms with Crippen molar-refractivity contribution < 1.29 is 9.53 Å². The van der Waals surface area contributed by atoms with Crippen molar-refractivity contribution in [3.8, 4) is 0 Å². The average Bonchev–Trinajstić information content (AvgIpc) is 2.69. The molecule has 2 fully saturated rings. The lowest BCUT2D eigenvalue weighted by atomic mass is 10.0. The summed E-state index contributed by atoms with van der Waals surface area (Å²) in [5.74, 6) is 0.887. The molecule has 2 aliphatic heterocycles. The zero-order chi connectivity index (χ0) is 11.4. The van der Waals surface area contributed by atoms with E-state index < -0.39 is 0 Å². The van der Waals surface area contributed by atoms with Crippen LogP contribution in [0.3, 0.4) is 0 Å². The normalized spacial score (nSPS) is 27.7. The SMILES string of the molecule is CCCCC1CC(=O)N(N2CCOCC2)C1. The van der Waals surface area contributed by atoms with Crippen molar-refractivity contribution in [3.63, 3.8) is 0 Å². The number of unbranched alkanes of at least 4 members (excludes halogenated alkanes) is 1. The van der Waals surface area contributed by atoms with Gasteiger partial charge in [0.05, 0.1) is 13.2 Å². The van der Waals surface area contributed by atoms with Gasteiger partial charge in [-0.15, -0.1) is 0 Å². The minimum Gasteiger partial charge on any atom is -0.379 e. The standard InChI is InChI=1S/C12H22N2O2/c1-2-3-4-11-9-12(15)14(10-11)13-5-7-16-8-6-13/h11H,2-10H2,1H3. The third-order valence-corrected chi connectivity index (χ3v) is 3.48. The molecule has 1 unspecified atom stereocenters. The lowest BCUT2D eigenvalue weighted by Crippen LogP contribution is -2.49. The van der Waals surface area contributed by atoms with Gasteiger partial charge in [-0.25, -0.2) is 5.01 Å². The van der Waals surface area contributed by atoms with Crippen LogP contribution in [0.5, 0.6) is 0 Å². The van der Waals surface area contributed by atoms with E-state index in [0.29, 0.717) is 11.8 Å². The van der Waals surface area contributed by atoms with E-state index in [1.165, 1.54) is 19.3 Å².